The lowest BCUT2D eigenvalue weighted by atomic mass is 10.1. The lowest BCUT2D eigenvalue weighted by Crippen LogP contribution is -1.96. The number of fused-ring (bicyclic) bond motifs is 1. The lowest BCUT2D eigenvalue weighted by molar-refractivity contribution is -0.130. The van der Waals surface area contributed by atoms with Crippen LogP contribution < -0.4 is 0 Å². The number of aromatic hydroxyl groups is 1. The molecule has 4 nitrogen and oxygen atoms in total. The average molecular weight is 203 g/mol. The molecule has 0 spiro atoms. The summed E-state index contributed by atoms with van der Waals surface area (Å²) in [5.41, 5.74) is 1.27. The van der Waals surface area contributed by atoms with Crippen LogP contribution >= 0.6 is 0 Å². The molecule has 76 valence electrons. The van der Waals surface area contributed by atoms with E-state index in [-0.39, 0.29) is 11.3 Å². The number of carboxylic acids is 1. The third-order valence-electron chi connectivity index (χ3n) is 2.25. The van der Waals surface area contributed by atoms with Gasteiger partial charge in [-0.15, -0.1) is 0 Å². The Kier molecular flexibility index (Phi) is 1.97. The summed E-state index contributed by atoms with van der Waals surface area (Å²) in [6.45, 7) is 3.48. The molecule has 1 aromatic carbocycles. The zero-order chi connectivity index (χ0) is 11.0. The van der Waals surface area contributed by atoms with E-state index < -0.39 is 5.97 Å². The minimum absolute atomic E-state index is 0.00634. The van der Waals surface area contributed by atoms with Crippen LogP contribution in [-0.4, -0.2) is 21.2 Å². The van der Waals surface area contributed by atoms with Gasteiger partial charge in [0.2, 0.25) is 0 Å². The van der Waals surface area contributed by atoms with Crippen LogP contribution in [0.15, 0.2) is 31.0 Å². The van der Waals surface area contributed by atoms with Crippen molar-refractivity contribution in [2.45, 2.75) is 0 Å². The number of hydrogen-bond acceptors (Lipinski definition) is 2. The second-order valence-electron chi connectivity index (χ2n) is 3.22. The number of aromatic nitrogens is 1. The van der Waals surface area contributed by atoms with Gasteiger partial charge in [-0.05, 0) is 18.2 Å². The number of rotatable bonds is 2. The fourth-order valence-electron chi connectivity index (χ4n) is 1.47. The molecule has 0 fully saturated rings. The van der Waals surface area contributed by atoms with Gasteiger partial charge in [0.1, 0.15) is 5.75 Å². The number of hydrogen-bond donors (Lipinski definition) is 3. The number of phenols is 1. The zero-order valence-corrected chi connectivity index (χ0v) is 7.82. The lowest BCUT2D eigenvalue weighted by Gasteiger charge is -1.98. The van der Waals surface area contributed by atoms with E-state index in [9.17, 15) is 9.90 Å². The molecule has 0 saturated heterocycles. The van der Waals surface area contributed by atoms with Gasteiger partial charge in [0.05, 0.1) is 5.57 Å². The molecule has 0 bridgehead atoms. The van der Waals surface area contributed by atoms with E-state index in [1.807, 2.05) is 0 Å². The van der Waals surface area contributed by atoms with E-state index in [4.69, 9.17) is 5.11 Å². The predicted molar refractivity (Wildman–Crippen MR) is 56.6 cm³/mol. The largest absolute Gasteiger partial charge is 0.508 e. The summed E-state index contributed by atoms with van der Waals surface area (Å²) in [7, 11) is 0. The average Bonchev–Trinajstić information content (AvgIpc) is 2.59. The fourth-order valence-corrected chi connectivity index (χ4v) is 1.47. The van der Waals surface area contributed by atoms with Crippen molar-refractivity contribution in [3.05, 3.63) is 36.5 Å². The number of carboxylic acid groups (broad SMARTS) is 1. The number of aromatic amines is 1. The summed E-state index contributed by atoms with van der Waals surface area (Å²) >= 11 is 0. The van der Waals surface area contributed by atoms with Gasteiger partial charge >= 0.3 is 5.97 Å². The number of benzene rings is 1. The molecular weight excluding hydrogens is 194 g/mol. The maximum absolute atomic E-state index is 10.8. The van der Waals surface area contributed by atoms with Crippen LogP contribution in [-0.2, 0) is 4.79 Å². The predicted octanol–water partition coefficient (Wildman–Crippen LogP) is 1.97. The molecule has 3 N–H and O–H groups in total. The van der Waals surface area contributed by atoms with Gasteiger partial charge < -0.3 is 15.2 Å². The number of carbonyl (C=O) groups is 1. The summed E-state index contributed by atoms with van der Waals surface area (Å²) in [6, 6.07) is 4.73. The first-order valence-electron chi connectivity index (χ1n) is 4.32. The Balaban J connectivity index is 2.67. The third kappa shape index (κ3) is 1.46. The number of nitrogens with one attached hydrogen (secondary N) is 1. The molecule has 0 unspecified atom stereocenters. The normalized spacial score (nSPS) is 10.4. The Labute approximate surface area is 85.5 Å². The van der Waals surface area contributed by atoms with Gasteiger partial charge in [-0.3, -0.25) is 0 Å². The first-order valence-corrected chi connectivity index (χ1v) is 4.32. The highest BCUT2D eigenvalue weighted by Crippen LogP contribution is 2.27. The Morgan fingerprint density at radius 3 is 2.80 bits per heavy atom. The Bertz CT molecular complexity index is 554. The molecule has 0 radical (unpaired) electrons. The number of aliphatic carboxylic acids is 1. The van der Waals surface area contributed by atoms with Crippen LogP contribution in [0, 0.1) is 0 Å². The van der Waals surface area contributed by atoms with Crippen molar-refractivity contribution in [2.24, 2.45) is 0 Å². The first-order chi connectivity index (χ1) is 7.09. The molecule has 0 aliphatic heterocycles. The molecule has 0 saturated carbocycles. The summed E-state index contributed by atoms with van der Waals surface area (Å²) < 4.78 is 0. The summed E-state index contributed by atoms with van der Waals surface area (Å²) in [5, 5.41) is 18.8. The maximum Gasteiger partial charge on any atom is 0.335 e. The fraction of sp³-hybridized carbons (Fsp3) is 0. The molecule has 4 heteroatoms. The van der Waals surface area contributed by atoms with E-state index in [1.165, 1.54) is 12.1 Å². The van der Waals surface area contributed by atoms with Crippen LogP contribution in [0.4, 0.5) is 0 Å². The Hall–Kier alpha value is -2.23. The van der Waals surface area contributed by atoms with Gasteiger partial charge in [0, 0.05) is 22.7 Å². The monoisotopic (exact) mass is 203 g/mol. The molecule has 1 heterocycles. The van der Waals surface area contributed by atoms with E-state index >= 15 is 0 Å². The Morgan fingerprint density at radius 1 is 1.40 bits per heavy atom. The molecule has 1 aromatic heterocycles. The molecule has 0 aliphatic carbocycles. The van der Waals surface area contributed by atoms with Crippen molar-refractivity contribution in [1.82, 2.24) is 4.98 Å². The van der Waals surface area contributed by atoms with Crippen molar-refractivity contribution >= 4 is 22.4 Å². The quantitative estimate of drug-likeness (QED) is 0.653. The topological polar surface area (TPSA) is 73.3 Å². The van der Waals surface area contributed by atoms with Gasteiger partial charge in [0.25, 0.3) is 0 Å². The van der Waals surface area contributed by atoms with Gasteiger partial charge in [0.15, 0.2) is 0 Å². The van der Waals surface area contributed by atoms with Crippen LogP contribution in [0.5, 0.6) is 5.75 Å². The van der Waals surface area contributed by atoms with E-state index in [0.717, 1.165) is 5.52 Å². The molecule has 2 rings (SSSR count). The van der Waals surface area contributed by atoms with E-state index in [2.05, 4.69) is 11.6 Å². The summed E-state index contributed by atoms with van der Waals surface area (Å²) in [4.78, 5) is 13.7. The number of H-pyrrole nitrogens is 1. The second-order valence-corrected chi connectivity index (χ2v) is 3.22. The molecule has 15 heavy (non-hydrogen) atoms. The number of phenolic OH excluding ortho intramolecular Hbond substituents is 1. The van der Waals surface area contributed by atoms with Gasteiger partial charge in [-0.1, -0.05) is 6.58 Å². The minimum atomic E-state index is -1.07. The highest BCUT2D eigenvalue weighted by molar-refractivity contribution is 6.18. The van der Waals surface area contributed by atoms with Gasteiger partial charge in [-0.25, -0.2) is 4.79 Å². The van der Waals surface area contributed by atoms with Crippen LogP contribution in [0.25, 0.3) is 16.5 Å². The second kappa shape index (κ2) is 3.16. The SMILES string of the molecule is C=C(C(=O)O)c1c[nH]c2ccc(O)cc12. The molecule has 0 amide bonds. The van der Waals surface area contributed by atoms with E-state index in [1.54, 1.807) is 12.3 Å². The van der Waals surface area contributed by atoms with Crippen molar-refractivity contribution in [1.29, 1.82) is 0 Å². The maximum atomic E-state index is 10.8. The highest BCUT2D eigenvalue weighted by atomic mass is 16.4. The highest BCUT2D eigenvalue weighted by Gasteiger charge is 2.12. The van der Waals surface area contributed by atoms with Crippen LogP contribution in [0.2, 0.25) is 0 Å². The molecule has 2 aromatic rings. The summed E-state index contributed by atoms with van der Waals surface area (Å²) in [6.07, 6.45) is 1.57. The minimum Gasteiger partial charge on any atom is -0.508 e. The van der Waals surface area contributed by atoms with Crippen molar-refractivity contribution in [2.75, 3.05) is 0 Å². The van der Waals surface area contributed by atoms with Crippen molar-refractivity contribution < 1.29 is 15.0 Å². The van der Waals surface area contributed by atoms with Crippen molar-refractivity contribution in [3.63, 3.8) is 0 Å². The molecular formula is C11H9NO3. The van der Waals surface area contributed by atoms with Gasteiger partial charge in [-0.2, -0.15) is 0 Å². The van der Waals surface area contributed by atoms with E-state index in [0.29, 0.717) is 10.9 Å². The molecule has 0 atom stereocenters. The summed E-state index contributed by atoms with van der Waals surface area (Å²) in [5.74, 6) is -0.971. The smallest absolute Gasteiger partial charge is 0.335 e. The Morgan fingerprint density at radius 2 is 2.13 bits per heavy atom. The third-order valence-corrected chi connectivity index (χ3v) is 2.25. The van der Waals surface area contributed by atoms with Crippen molar-refractivity contribution in [3.8, 4) is 5.75 Å². The molecule has 0 aliphatic rings. The standard InChI is InChI=1S/C11H9NO3/c1-6(11(14)15)9-5-12-10-3-2-7(13)4-8(9)10/h2-5,12-13H,1H2,(H,14,15). The first kappa shape index (κ1) is 9.33. The van der Waals surface area contributed by atoms with Crippen LogP contribution in [0.3, 0.4) is 0 Å². The van der Waals surface area contributed by atoms with Crippen LogP contribution in [0.1, 0.15) is 5.56 Å². The zero-order valence-electron chi connectivity index (χ0n) is 7.82.